The summed E-state index contributed by atoms with van der Waals surface area (Å²) in [5.74, 6) is 0. The van der Waals surface area contributed by atoms with Crippen molar-refractivity contribution in [2.45, 2.75) is 25.8 Å². The van der Waals surface area contributed by atoms with Gasteiger partial charge < -0.3 is 5.32 Å². The minimum atomic E-state index is -0.364. The zero-order valence-electron chi connectivity index (χ0n) is 9.14. The lowest BCUT2D eigenvalue weighted by atomic mass is 10.1. The van der Waals surface area contributed by atoms with E-state index in [1.165, 1.54) is 6.07 Å². The number of nitro groups is 1. The zero-order valence-corrected chi connectivity index (χ0v) is 9.14. The van der Waals surface area contributed by atoms with Gasteiger partial charge in [0.15, 0.2) is 0 Å². The molecule has 1 N–H and O–H groups in total. The van der Waals surface area contributed by atoms with Crippen molar-refractivity contribution in [1.29, 1.82) is 0 Å². The molecular formula is C12H14N2O2. The van der Waals surface area contributed by atoms with Gasteiger partial charge in [-0.1, -0.05) is 18.2 Å². The highest BCUT2D eigenvalue weighted by Crippen LogP contribution is 2.24. The second-order valence-electron chi connectivity index (χ2n) is 4.04. The molecule has 1 aliphatic rings. The van der Waals surface area contributed by atoms with Gasteiger partial charge in [0.2, 0.25) is 0 Å². The van der Waals surface area contributed by atoms with Gasteiger partial charge in [-0.3, -0.25) is 10.1 Å². The van der Waals surface area contributed by atoms with Crippen LogP contribution in [-0.4, -0.2) is 11.0 Å². The quantitative estimate of drug-likeness (QED) is 0.482. The summed E-state index contributed by atoms with van der Waals surface area (Å²) in [4.78, 5) is 10.3. The summed E-state index contributed by atoms with van der Waals surface area (Å²) < 4.78 is 0. The van der Waals surface area contributed by atoms with Crippen LogP contribution in [0.4, 0.5) is 11.4 Å². The first kappa shape index (κ1) is 10.7. The normalized spacial score (nSPS) is 15.3. The van der Waals surface area contributed by atoms with Gasteiger partial charge in [-0.15, -0.1) is 0 Å². The lowest BCUT2D eigenvalue weighted by molar-refractivity contribution is -0.384. The van der Waals surface area contributed by atoms with Gasteiger partial charge in [0, 0.05) is 23.9 Å². The Hall–Kier alpha value is -1.84. The minimum absolute atomic E-state index is 0.138. The third kappa shape index (κ3) is 2.21. The lowest BCUT2D eigenvalue weighted by Gasteiger charge is -2.15. The summed E-state index contributed by atoms with van der Waals surface area (Å²) >= 11 is 0. The topological polar surface area (TPSA) is 55.2 Å². The first-order chi connectivity index (χ1) is 7.66. The summed E-state index contributed by atoms with van der Waals surface area (Å²) in [5, 5.41) is 14.0. The predicted molar refractivity (Wildman–Crippen MR) is 63.6 cm³/mol. The molecule has 0 amide bonds. The van der Waals surface area contributed by atoms with Crippen LogP contribution in [0.25, 0.3) is 0 Å². The molecule has 0 aromatic heterocycles. The molecule has 1 aromatic rings. The van der Waals surface area contributed by atoms with Crippen LogP contribution in [0.5, 0.6) is 0 Å². The molecule has 0 atom stereocenters. The smallest absolute Gasteiger partial charge is 0.271 e. The van der Waals surface area contributed by atoms with Crippen LogP contribution in [0.3, 0.4) is 0 Å². The maximum absolute atomic E-state index is 10.7. The minimum Gasteiger partial charge on any atom is -0.381 e. The fourth-order valence-corrected chi connectivity index (χ4v) is 1.83. The molecular weight excluding hydrogens is 204 g/mol. The Morgan fingerprint density at radius 3 is 2.69 bits per heavy atom. The molecule has 0 fully saturated rings. The predicted octanol–water partition coefficient (Wildman–Crippen LogP) is 3.03. The summed E-state index contributed by atoms with van der Waals surface area (Å²) in [6.07, 6.45) is 6.24. The fourth-order valence-electron chi connectivity index (χ4n) is 1.83. The molecule has 4 nitrogen and oxygen atoms in total. The first-order valence-corrected chi connectivity index (χ1v) is 5.33. The number of nitrogens with zero attached hydrogens (tertiary/aromatic N) is 1. The highest BCUT2D eigenvalue weighted by Gasteiger charge is 2.13. The van der Waals surface area contributed by atoms with Crippen LogP contribution in [0.2, 0.25) is 0 Å². The molecule has 0 spiro atoms. The van der Waals surface area contributed by atoms with Crippen molar-refractivity contribution in [3.8, 4) is 0 Å². The Bertz CT molecular complexity index is 433. The molecule has 0 radical (unpaired) electrons. The number of anilines is 1. The van der Waals surface area contributed by atoms with E-state index < -0.39 is 0 Å². The molecule has 0 bridgehead atoms. The van der Waals surface area contributed by atoms with Gasteiger partial charge in [0.05, 0.1) is 4.92 Å². The van der Waals surface area contributed by atoms with Crippen LogP contribution >= 0.6 is 0 Å². The van der Waals surface area contributed by atoms with E-state index in [4.69, 9.17) is 0 Å². The molecule has 1 aliphatic carbocycles. The number of benzene rings is 1. The second-order valence-corrected chi connectivity index (χ2v) is 4.04. The van der Waals surface area contributed by atoms with Crippen LogP contribution < -0.4 is 5.32 Å². The molecule has 84 valence electrons. The lowest BCUT2D eigenvalue weighted by Crippen LogP contribution is -2.15. The summed E-state index contributed by atoms with van der Waals surface area (Å²) in [7, 11) is 0. The molecule has 16 heavy (non-hydrogen) atoms. The molecule has 0 saturated carbocycles. The van der Waals surface area contributed by atoms with E-state index in [9.17, 15) is 10.1 Å². The molecule has 0 saturated heterocycles. The van der Waals surface area contributed by atoms with Gasteiger partial charge in [-0.25, -0.2) is 0 Å². The van der Waals surface area contributed by atoms with Crippen molar-refractivity contribution >= 4 is 11.4 Å². The zero-order chi connectivity index (χ0) is 11.5. The molecule has 0 unspecified atom stereocenters. The molecule has 4 heteroatoms. The molecule has 0 heterocycles. The van der Waals surface area contributed by atoms with Crippen molar-refractivity contribution in [2.75, 3.05) is 5.32 Å². The highest BCUT2D eigenvalue weighted by atomic mass is 16.6. The van der Waals surface area contributed by atoms with Crippen molar-refractivity contribution < 1.29 is 4.92 Å². The SMILES string of the molecule is Cc1ccc([N+](=O)[O-])cc1NC1CC=CC1. The molecule has 1 aromatic carbocycles. The van der Waals surface area contributed by atoms with E-state index in [-0.39, 0.29) is 10.6 Å². The highest BCUT2D eigenvalue weighted by molar-refractivity contribution is 5.57. The maximum atomic E-state index is 10.7. The van der Waals surface area contributed by atoms with Crippen molar-refractivity contribution in [3.63, 3.8) is 0 Å². The van der Waals surface area contributed by atoms with Crippen LogP contribution in [0.1, 0.15) is 18.4 Å². The number of nitro benzene ring substituents is 1. The maximum Gasteiger partial charge on any atom is 0.271 e. The van der Waals surface area contributed by atoms with Crippen molar-refractivity contribution in [1.82, 2.24) is 0 Å². The van der Waals surface area contributed by atoms with Crippen molar-refractivity contribution in [2.24, 2.45) is 0 Å². The monoisotopic (exact) mass is 218 g/mol. The van der Waals surface area contributed by atoms with Crippen LogP contribution in [0.15, 0.2) is 30.4 Å². The van der Waals surface area contributed by atoms with Crippen LogP contribution in [0, 0.1) is 17.0 Å². The number of non-ortho nitro benzene ring substituents is 1. The van der Waals surface area contributed by atoms with Gasteiger partial charge in [-0.05, 0) is 25.3 Å². The fraction of sp³-hybridized carbons (Fsp3) is 0.333. The third-order valence-electron chi connectivity index (χ3n) is 2.80. The van der Waals surface area contributed by atoms with Gasteiger partial charge in [0.1, 0.15) is 0 Å². The molecule has 2 rings (SSSR count). The third-order valence-corrected chi connectivity index (χ3v) is 2.80. The number of hydrogen-bond acceptors (Lipinski definition) is 3. The van der Waals surface area contributed by atoms with E-state index in [2.05, 4.69) is 17.5 Å². The number of rotatable bonds is 3. The summed E-state index contributed by atoms with van der Waals surface area (Å²) in [6.45, 7) is 1.95. The van der Waals surface area contributed by atoms with Gasteiger partial charge >= 0.3 is 0 Å². The van der Waals surface area contributed by atoms with Crippen LogP contribution in [-0.2, 0) is 0 Å². The average Bonchev–Trinajstić information content (AvgIpc) is 2.73. The molecule has 0 aliphatic heterocycles. The van der Waals surface area contributed by atoms with Gasteiger partial charge in [0.25, 0.3) is 5.69 Å². The Kier molecular flexibility index (Phi) is 2.90. The van der Waals surface area contributed by atoms with E-state index in [1.807, 2.05) is 6.92 Å². The second kappa shape index (κ2) is 4.35. The Morgan fingerprint density at radius 2 is 2.06 bits per heavy atom. The summed E-state index contributed by atoms with van der Waals surface area (Å²) in [6, 6.07) is 5.30. The average molecular weight is 218 g/mol. The van der Waals surface area contributed by atoms with E-state index in [0.29, 0.717) is 6.04 Å². The Balaban J connectivity index is 2.18. The number of aryl methyl sites for hydroxylation is 1. The standard InChI is InChI=1S/C12H14N2O2/c1-9-6-7-11(14(15)16)8-12(9)13-10-4-2-3-5-10/h2-3,6-8,10,13H,4-5H2,1H3. The van der Waals surface area contributed by atoms with E-state index in [1.54, 1.807) is 12.1 Å². The van der Waals surface area contributed by atoms with Crippen molar-refractivity contribution in [3.05, 3.63) is 46.0 Å². The first-order valence-electron chi connectivity index (χ1n) is 5.33. The number of nitrogens with one attached hydrogen (secondary N) is 1. The summed E-state index contributed by atoms with van der Waals surface area (Å²) in [5.41, 5.74) is 2.04. The number of hydrogen-bond donors (Lipinski definition) is 1. The van der Waals surface area contributed by atoms with Gasteiger partial charge in [-0.2, -0.15) is 0 Å². The Labute approximate surface area is 94.1 Å². The van der Waals surface area contributed by atoms with E-state index >= 15 is 0 Å². The Morgan fingerprint density at radius 1 is 1.38 bits per heavy atom. The largest absolute Gasteiger partial charge is 0.381 e. The van der Waals surface area contributed by atoms with E-state index in [0.717, 1.165) is 24.1 Å².